The molecule has 0 saturated carbocycles. The van der Waals surface area contributed by atoms with E-state index in [2.05, 4.69) is 8.85 Å². The average molecular weight is 188 g/mol. The fourth-order valence-corrected chi connectivity index (χ4v) is 1.62. The third-order valence-electron chi connectivity index (χ3n) is 0.903. The van der Waals surface area contributed by atoms with Crippen LogP contribution in [0, 0.1) is 0 Å². The second-order valence-electron chi connectivity index (χ2n) is 1.78. The number of halogens is 3. The van der Waals surface area contributed by atoms with Crippen molar-refractivity contribution < 1.29 is 22.0 Å². The molecule has 0 N–H and O–H groups in total. The van der Waals surface area contributed by atoms with Crippen LogP contribution in [0.3, 0.4) is 0 Å². The molecular formula is C5H11F3O2Si. The van der Waals surface area contributed by atoms with Crippen LogP contribution in [0.25, 0.3) is 0 Å². The van der Waals surface area contributed by atoms with E-state index in [-0.39, 0.29) is 13.2 Å². The molecule has 0 rings (SSSR count). The van der Waals surface area contributed by atoms with Crippen molar-refractivity contribution in [3.63, 3.8) is 0 Å². The number of hydrogen-bond acceptors (Lipinski definition) is 2. The van der Waals surface area contributed by atoms with Crippen molar-refractivity contribution in [1.29, 1.82) is 0 Å². The summed E-state index contributed by atoms with van der Waals surface area (Å²) in [4.78, 5) is 0. The molecule has 0 aromatic heterocycles. The van der Waals surface area contributed by atoms with Crippen LogP contribution in [0.1, 0.15) is 13.8 Å². The fraction of sp³-hybridized carbons (Fsp3) is 1.00. The standard InChI is InChI=1S/C5H11F3O2Si/c1-3-9-11(10-4-2)5(6,7)8/h11H,3-4H2,1-2H3. The monoisotopic (exact) mass is 188 g/mol. The Kier molecular flexibility index (Phi) is 4.70. The molecule has 0 aliphatic carbocycles. The maximum atomic E-state index is 11.9. The summed E-state index contributed by atoms with van der Waals surface area (Å²) in [5.74, 6) is -4.29. The molecule has 68 valence electrons. The highest BCUT2D eigenvalue weighted by Crippen LogP contribution is 2.20. The van der Waals surface area contributed by atoms with Crippen molar-refractivity contribution in [2.45, 2.75) is 19.6 Å². The fourth-order valence-electron chi connectivity index (χ4n) is 0.540. The quantitative estimate of drug-likeness (QED) is 0.620. The lowest BCUT2D eigenvalue weighted by atomic mass is 10.9. The molecule has 0 radical (unpaired) electrons. The van der Waals surface area contributed by atoms with E-state index in [9.17, 15) is 13.2 Å². The summed E-state index contributed by atoms with van der Waals surface area (Å²) in [5.41, 5.74) is 0. The summed E-state index contributed by atoms with van der Waals surface area (Å²) < 4.78 is 44.6. The van der Waals surface area contributed by atoms with E-state index >= 15 is 0 Å². The van der Waals surface area contributed by atoms with Gasteiger partial charge in [-0.1, -0.05) is 0 Å². The Morgan fingerprint density at radius 1 is 1.09 bits per heavy atom. The van der Waals surface area contributed by atoms with Crippen LogP contribution in [-0.2, 0) is 8.85 Å². The smallest absolute Gasteiger partial charge is 0.391 e. The molecule has 0 heterocycles. The first-order valence-electron chi connectivity index (χ1n) is 3.32. The first kappa shape index (κ1) is 10.9. The van der Waals surface area contributed by atoms with Gasteiger partial charge in [-0.25, -0.2) is 0 Å². The maximum absolute atomic E-state index is 11.9. The molecule has 2 nitrogen and oxygen atoms in total. The van der Waals surface area contributed by atoms with Crippen LogP contribution in [0.4, 0.5) is 13.2 Å². The molecule has 11 heavy (non-hydrogen) atoms. The van der Waals surface area contributed by atoms with Crippen LogP contribution in [-0.4, -0.2) is 28.3 Å². The molecule has 0 fully saturated rings. The SMILES string of the molecule is CCO[SiH](OCC)C(F)(F)F. The minimum absolute atomic E-state index is 0.0520. The number of alkyl halides is 3. The van der Waals surface area contributed by atoms with Gasteiger partial charge in [0.05, 0.1) is 0 Å². The molecule has 6 heteroatoms. The lowest BCUT2D eigenvalue weighted by Crippen LogP contribution is -2.40. The Labute approximate surface area is 65.1 Å². The summed E-state index contributed by atoms with van der Waals surface area (Å²) in [6.45, 7) is 3.14. The van der Waals surface area contributed by atoms with E-state index in [1.165, 1.54) is 13.8 Å². The van der Waals surface area contributed by atoms with Gasteiger partial charge in [0.2, 0.25) is 0 Å². The van der Waals surface area contributed by atoms with Gasteiger partial charge in [0.15, 0.2) is 0 Å². The van der Waals surface area contributed by atoms with E-state index in [4.69, 9.17) is 0 Å². The number of rotatable bonds is 4. The number of hydrogen-bond donors (Lipinski definition) is 0. The summed E-state index contributed by atoms with van der Waals surface area (Å²) >= 11 is 0. The molecule has 0 atom stereocenters. The minimum atomic E-state index is -4.29. The second-order valence-corrected chi connectivity index (χ2v) is 3.77. The highest BCUT2D eigenvalue weighted by molar-refractivity contribution is 6.46. The van der Waals surface area contributed by atoms with Crippen LogP contribution in [0.15, 0.2) is 0 Å². The van der Waals surface area contributed by atoms with Gasteiger partial charge in [0.25, 0.3) is 0 Å². The van der Waals surface area contributed by atoms with Crippen LogP contribution < -0.4 is 0 Å². The van der Waals surface area contributed by atoms with Gasteiger partial charge in [0, 0.05) is 13.2 Å². The van der Waals surface area contributed by atoms with Crippen molar-refractivity contribution in [3.05, 3.63) is 0 Å². The summed E-state index contributed by atoms with van der Waals surface area (Å²) in [6, 6.07) is 0. The zero-order chi connectivity index (χ0) is 8.91. The molecule has 0 bridgehead atoms. The zero-order valence-electron chi connectivity index (χ0n) is 6.44. The summed E-state index contributed by atoms with van der Waals surface area (Å²) in [6.07, 6.45) is 0. The Hall–Kier alpha value is -0.0731. The first-order valence-corrected chi connectivity index (χ1v) is 4.84. The Morgan fingerprint density at radius 3 is 1.64 bits per heavy atom. The lowest BCUT2D eigenvalue weighted by Gasteiger charge is -2.16. The van der Waals surface area contributed by atoms with Gasteiger partial charge < -0.3 is 8.85 Å². The molecular weight excluding hydrogens is 177 g/mol. The van der Waals surface area contributed by atoms with Crippen LogP contribution in [0.2, 0.25) is 0 Å². The lowest BCUT2D eigenvalue weighted by molar-refractivity contribution is -0.0865. The van der Waals surface area contributed by atoms with Crippen molar-refractivity contribution in [1.82, 2.24) is 0 Å². The third kappa shape index (κ3) is 4.38. The van der Waals surface area contributed by atoms with Crippen molar-refractivity contribution in [3.8, 4) is 0 Å². The molecule has 0 spiro atoms. The van der Waals surface area contributed by atoms with Gasteiger partial charge in [-0.2, -0.15) is 13.2 Å². The zero-order valence-corrected chi connectivity index (χ0v) is 7.60. The molecule has 0 unspecified atom stereocenters. The predicted octanol–water partition coefficient (Wildman–Crippen LogP) is 1.38. The largest absolute Gasteiger partial charge is 0.442 e. The van der Waals surface area contributed by atoms with Gasteiger partial charge in [0.1, 0.15) is 0 Å². The predicted molar refractivity (Wildman–Crippen MR) is 36.5 cm³/mol. The minimum Gasteiger partial charge on any atom is -0.391 e. The van der Waals surface area contributed by atoms with E-state index in [0.717, 1.165) is 0 Å². The normalized spacial score (nSPS) is 12.5. The maximum Gasteiger partial charge on any atom is 0.442 e. The van der Waals surface area contributed by atoms with Crippen LogP contribution >= 0.6 is 0 Å². The van der Waals surface area contributed by atoms with Gasteiger partial charge in [-0.05, 0) is 13.8 Å². The van der Waals surface area contributed by atoms with Crippen LogP contribution in [0.5, 0.6) is 0 Å². The van der Waals surface area contributed by atoms with E-state index in [0.29, 0.717) is 0 Å². The van der Waals surface area contributed by atoms with E-state index in [1.54, 1.807) is 0 Å². The topological polar surface area (TPSA) is 18.5 Å². The molecule has 0 aromatic carbocycles. The van der Waals surface area contributed by atoms with Gasteiger partial charge in [-0.15, -0.1) is 0 Å². The summed E-state index contributed by atoms with van der Waals surface area (Å²) in [5, 5.41) is 0. The van der Waals surface area contributed by atoms with E-state index < -0.39 is 15.1 Å². The highest BCUT2D eigenvalue weighted by atomic mass is 28.3. The Bertz CT molecular complexity index is 100. The summed E-state index contributed by atoms with van der Waals surface area (Å²) in [7, 11) is -3.42. The molecule has 0 aliphatic rings. The molecule has 0 aromatic rings. The highest BCUT2D eigenvalue weighted by Gasteiger charge is 2.44. The molecule has 0 amide bonds. The van der Waals surface area contributed by atoms with Gasteiger partial charge >= 0.3 is 15.1 Å². The third-order valence-corrected chi connectivity index (χ3v) is 2.71. The average Bonchev–Trinajstić information content (AvgIpc) is 1.85. The Balaban J connectivity index is 3.88. The van der Waals surface area contributed by atoms with E-state index in [1.807, 2.05) is 0 Å². The Morgan fingerprint density at radius 2 is 1.45 bits per heavy atom. The van der Waals surface area contributed by atoms with Crippen molar-refractivity contribution in [2.24, 2.45) is 0 Å². The first-order chi connectivity index (χ1) is 5.02. The second kappa shape index (κ2) is 4.73. The molecule has 0 aliphatic heterocycles. The van der Waals surface area contributed by atoms with Crippen molar-refractivity contribution >= 4 is 9.28 Å². The van der Waals surface area contributed by atoms with Gasteiger partial charge in [-0.3, -0.25) is 0 Å². The van der Waals surface area contributed by atoms with Crippen molar-refractivity contribution in [2.75, 3.05) is 13.2 Å². The molecule has 0 saturated heterocycles.